The highest BCUT2D eigenvalue weighted by molar-refractivity contribution is 5.78. The van der Waals surface area contributed by atoms with Crippen molar-refractivity contribution in [2.24, 2.45) is 0 Å². The maximum Gasteiger partial charge on any atom is 0.334 e. The van der Waals surface area contributed by atoms with Gasteiger partial charge in [0.25, 0.3) is 0 Å². The zero-order chi connectivity index (χ0) is 23.1. The molecule has 1 heterocycles. The topological polar surface area (TPSA) is 63.6 Å². The van der Waals surface area contributed by atoms with Gasteiger partial charge in [-0.15, -0.1) is 0 Å². The number of ether oxygens (including phenoxy) is 1. The SMILES string of the molecule is O=C1CCCCCCCCCCCCCCCCCCCCCC(O)C(=O)OCCCC1. The molecular weight excluding hydrogens is 400 g/mol. The number of rotatable bonds is 0. The van der Waals surface area contributed by atoms with Crippen LogP contribution in [0.2, 0.25) is 0 Å². The van der Waals surface area contributed by atoms with E-state index in [2.05, 4.69) is 0 Å². The van der Waals surface area contributed by atoms with Crippen LogP contribution in [0.4, 0.5) is 0 Å². The lowest BCUT2D eigenvalue weighted by Crippen LogP contribution is -2.23. The van der Waals surface area contributed by atoms with E-state index in [1.54, 1.807) is 0 Å². The van der Waals surface area contributed by atoms with Crippen LogP contribution in [0.15, 0.2) is 0 Å². The summed E-state index contributed by atoms with van der Waals surface area (Å²) < 4.78 is 5.18. The Morgan fingerprint density at radius 3 is 1.28 bits per heavy atom. The number of carbonyl (C=O) groups is 2. The molecule has 0 aromatic carbocycles. The molecule has 1 aliphatic rings. The average Bonchev–Trinajstić information content (AvgIpc) is 2.78. The lowest BCUT2D eigenvalue weighted by molar-refractivity contribution is -0.154. The monoisotopic (exact) mass is 452 g/mol. The number of esters is 1. The third kappa shape index (κ3) is 18.7. The fraction of sp³-hybridized carbons (Fsp3) is 0.929. The summed E-state index contributed by atoms with van der Waals surface area (Å²) >= 11 is 0. The largest absolute Gasteiger partial charge is 0.464 e. The molecule has 1 rings (SSSR count). The first kappa shape index (κ1) is 29.1. The molecule has 0 amide bonds. The van der Waals surface area contributed by atoms with Crippen molar-refractivity contribution >= 4 is 11.8 Å². The summed E-state index contributed by atoms with van der Waals surface area (Å²) in [5.41, 5.74) is 0. The number of hydrogen-bond acceptors (Lipinski definition) is 4. The van der Waals surface area contributed by atoms with Crippen molar-refractivity contribution in [1.82, 2.24) is 0 Å². The molecule has 0 saturated carbocycles. The van der Waals surface area contributed by atoms with Crippen LogP contribution in [-0.4, -0.2) is 29.6 Å². The van der Waals surface area contributed by atoms with Gasteiger partial charge in [0.05, 0.1) is 6.61 Å². The molecule has 1 fully saturated rings. The summed E-state index contributed by atoms with van der Waals surface area (Å²) in [7, 11) is 0. The molecule has 0 aromatic heterocycles. The molecule has 1 N–H and O–H groups in total. The predicted molar refractivity (Wildman–Crippen MR) is 133 cm³/mol. The van der Waals surface area contributed by atoms with E-state index < -0.39 is 12.1 Å². The molecule has 1 unspecified atom stereocenters. The lowest BCUT2D eigenvalue weighted by atomic mass is 10.0. The highest BCUT2D eigenvalue weighted by Crippen LogP contribution is 2.16. The average molecular weight is 453 g/mol. The summed E-state index contributed by atoms with van der Waals surface area (Å²) in [6.07, 6.45) is 26.5. The Bertz CT molecular complexity index is 449. The van der Waals surface area contributed by atoms with E-state index in [4.69, 9.17) is 4.74 Å². The third-order valence-electron chi connectivity index (χ3n) is 6.80. The number of aliphatic hydroxyl groups excluding tert-OH is 1. The van der Waals surface area contributed by atoms with E-state index in [1.807, 2.05) is 0 Å². The minimum atomic E-state index is -0.993. The molecule has 4 heteroatoms. The van der Waals surface area contributed by atoms with Crippen LogP contribution >= 0.6 is 0 Å². The highest BCUT2D eigenvalue weighted by Gasteiger charge is 2.15. The smallest absolute Gasteiger partial charge is 0.334 e. The van der Waals surface area contributed by atoms with Gasteiger partial charge in [-0.05, 0) is 25.7 Å². The summed E-state index contributed by atoms with van der Waals surface area (Å²) in [4.78, 5) is 23.8. The maximum absolute atomic E-state index is 12.0. The van der Waals surface area contributed by atoms with Gasteiger partial charge in [-0.1, -0.05) is 116 Å². The van der Waals surface area contributed by atoms with Crippen LogP contribution in [0, 0.1) is 0 Å². The van der Waals surface area contributed by atoms with E-state index >= 15 is 0 Å². The van der Waals surface area contributed by atoms with Crippen LogP contribution in [0.1, 0.15) is 154 Å². The standard InChI is InChI=1S/C28H52O4/c29-26-22-18-16-14-12-10-8-6-4-2-1-3-5-7-9-11-13-15-17-19-24-27(30)28(31)32-25-21-20-23-26/h27,30H,1-25H2. The van der Waals surface area contributed by atoms with Crippen molar-refractivity contribution in [3.63, 3.8) is 0 Å². The van der Waals surface area contributed by atoms with Crippen molar-refractivity contribution < 1.29 is 19.4 Å². The van der Waals surface area contributed by atoms with Crippen molar-refractivity contribution in [3.8, 4) is 0 Å². The molecule has 0 aromatic rings. The Morgan fingerprint density at radius 1 is 0.500 bits per heavy atom. The summed E-state index contributed by atoms with van der Waals surface area (Å²) in [5, 5.41) is 9.96. The Hall–Kier alpha value is -0.900. The first-order chi connectivity index (χ1) is 15.7. The normalized spacial score (nSPS) is 25.1. The molecule has 1 saturated heterocycles. The number of ketones is 1. The van der Waals surface area contributed by atoms with Gasteiger partial charge in [0, 0.05) is 12.8 Å². The van der Waals surface area contributed by atoms with Gasteiger partial charge >= 0.3 is 5.97 Å². The Kier molecular flexibility index (Phi) is 20.0. The maximum atomic E-state index is 12.0. The van der Waals surface area contributed by atoms with E-state index in [0.29, 0.717) is 38.1 Å². The molecule has 0 spiro atoms. The van der Waals surface area contributed by atoms with Crippen molar-refractivity contribution in [1.29, 1.82) is 0 Å². The molecular formula is C28H52O4. The molecule has 0 aliphatic carbocycles. The van der Waals surface area contributed by atoms with Gasteiger partial charge < -0.3 is 9.84 Å². The first-order valence-electron chi connectivity index (χ1n) is 14.1. The molecule has 32 heavy (non-hydrogen) atoms. The first-order valence-corrected chi connectivity index (χ1v) is 14.1. The number of hydrogen-bond donors (Lipinski definition) is 1. The minimum Gasteiger partial charge on any atom is -0.464 e. The van der Waals surface area contributed by atoms with E-state index in [9.17, 15) is 14.7 Å². The van der Waals surface area contributed by atoms with Crippen LogP contribution in [0.25, 0.3) is 0 Å². The number of aliphatic hydroxyl groups is 1. The summed E-state index contributed by atoms with van der Waals surface area (Å²) in [5.74, 6) is -0.166. The van der Waals surface area contributed by atoms with Gasteiger partial charge in [-0.25, -0.2) is 4.79 Å². The van der Waals surface area contributed by atoms with Crippen LogP contribution in [0.5, 0.6) is 0 Å². The van der Waals surface area contributed by atoms with E-state index in [1.165, 1.54) is 103 Å². The molecule has 0 bridgehead atoms. The molecule has 0 radical (unpaired) electrons. The zero-order valence-corrected chi connectivity index (χ0v) is 20.9. The summed E-state index contributed by atoms with van der Waals surface area (Å²) in [6, 6.07) is 0. The molecule has 188 valence electrons. The van der Waals surface area contributed by atoms with Gasteiger partial charge in [0.2, 0.25) is 0 Å². The number of Topliss-reactive ketones (excluding diaryl/α,β-unsaturated/α-hetero) is 1. The van der Waals surface area contributed by atoms with Crippen LogP contribution < -0.4 is 0 Å². The van der Waals surface area contributed by atoms with Crippen LogP contribution in [-0.2, 0) is 14.3 Å². The van der Waals surface area contributed by atoms with Gasteiger partial charge in [0.15, 0.2) is 6.10 Å². The fourth-order valence-corrected chi connectivity index (χ4v) is 4.60. The second kappa shape index (κ2) is 21.9. The van der Waals surface area contributed by atoms with Crippen molar-refractivity contribution in [3.05, 3.63) is 0 Å². The second-order valence-corrected chi connectivity index (χ2v) is 9.94. The lowest BCUT2D eigenvalue weighted by Gasteiger charge is -2.10. The molecule has 1 aliphatic heterocycles. The fourth-order valence-electron chi connectivity index (χ4n) is 4.60. The second-order valence-electron chi connectivity index (χ2n) is 9.94. The van der Waals surface area contributed by atoms with Crippen molar-refractivity contribution in [2.45, 2.75) is 160 Å². The number of cyclic esters (lactones) is 1. The van der Waals surface area contributed by atoms with E-state index in [0.717, 1.165) is 25.7 Å². The molecule has 1 atom stereocenters. The Balaban J connectivity index is 2.20. The van der Waals surface area contributed by atoms with Gasteiger partial charge in [0.1, 0.15) is 5.78 Å². The Labute approximate surface area is 198 Å². The van der Waals surface area contributed by atoms with E-state index in [-0.39, 0.29) is 0 Å². The quantitative estimate of drug-likeness (QED) is 0.380. The van der Waals surface area contributed by atoms with Gasteiger partial charge in [-0.3, -0.25) is 4.79 Å². The number of carbonyl (C=O) groups excluding carboxylic acids is 2. The third-order valence-corrected chi connectivity index (χ3v) is 6.80. The minimum absolute atomic E-state index is 0.309. The van der Waals surface area contributed by atoms with Gasteiger partial charge in [-0.2, -0.15) is 0 Å². The summed E-state index contributed by atoms with van der Waals surface area (Å²) in [6.45, 7) is 0.309. The zero-order valence-electron chi connectivity index (χ0n) is 20.9. The van der Waals surface area contributed by atoms with Crippen LogP contribution in [0.3, 0.4) is 0 Å². The van der Waals surface area contributed by atoms with Crippen molar-refractivity contribution in [2.75, 3.05) is 6.61 Å². The Morgan fingerprint density at radius 2 is 0.844 bits per heavy atom. The highest BCUT2D eigenvalue weighted by atomic mass is 16.5. The predicted octanol–water partition coefficient (Wildman–Crippen LogP) is 7.84. The molecule has 4 nitrogen and oxygen atoms in total.